The van der Waals surface area contributed by atoms with Crippen molar-refractivity contribution < 1.29 is 9.21 Å². The maximum absolute atomic E-state index is 12.5. The third-order valence-electron chi connectivity index (χ3n) is 5.34. The highest BCUT2D eigenvalue weighted by Crippen LogP contribution is 2.29. The minimum atomic E-state index is -0.215. The van der Waals surface area contributed by atoms with E-state index in [0.717, 1.165) is 12.1 Å². The van der Waals surface area contributed by atoms with E-state index in [0.29, 0.717) is 24.2 Å². The minimum Gasteiger partial charge on any atom is -0.447 e. The summed E-state index contributed by atoms with van der Waals surface area (Å²) in [6.45, 7) is 5.53. The number of aromatic nitrogens is 1. The highest BCUT2D eigenvalue weighted by molar-refractivity contribution is 5.92. The summed E-state index contributed by atoms with van der Waals surface area (Å²) in [5, 5.41) is 2.98. The second-order valence-corrected chi connectivity index (χ2v) is 7.85. The van der Waals surface area contributed by atoms with Crippen LogP contribution in [-0.4, -0.2) is 21.8 Å². The van der Waals surface area contributed by atoms with Crippen LogP contribution in [0.15, 0.2) is 65.3 Å². The summed E-state index contributed by atoms with van der Waals surface area (Å²) in [4.78, 5) is 19.4. The molecule has 1 aliphatic carbocycles. The minimum absolute atomic E-state index is 0.0895. The molecule has 29 heavy (non-hydrogen) atoms. The molecule has 5 heteroatoms. The number of oxazole rings is 1. The van der Waals surface area contributed by atoms with E-state index in [1.54, 1.807) is 0 Å². The molecule has 0 bridgehead atoms. The van der Waals surface area contributed by atoms with Crippen molar-refractivity contribution >= 4 is 5.91 Å². The lowest BCUT2D eigenvalue weighted by Gasteiger charge is -2.20. The number of benzene rings is 2. The quantitative estimate of drug-likeness (QED) is 0.610. The number of aryl methyl sites for hydroxylation is 1. The first-order chi connectivity index (χ1) is 14.1. The number of carbonyl (C=O) groups is 1. The Kier molecular flexibility index (Phi) is 5.76. The molecule has 1 fully saturated rings. The molecule has 0 spiro atoms. The van der Waals surface area contributed by atoms with Gasteiger partial charge in [0, 0.05) is 12.6 Å². The largest absolute Gasteiger partial charge is 0.447 e. The van der Waals surface area contributed by atoms with Gasteiger partial charge in [0.1, 0.15) is 6.26 Å². The number of nitrogens with zero attached hydrogens (tertiary/aromatic N) is 2. The van der Waals surface area contributed by atoms with E-state index in [9.17, 15) is 4.79 Å². The maximum atomic E-state index is 12.5. The van der Waals surface area contributed by atoms with Crippen molar-refractivity contribution in [2.75, 3.05) is 0 Å². The summed E-state index contributed by atoms with van der Waals surface area (Å²) >= 11 is 0. The Balaban J connectivity index is 1.38. The van der Waals surface area contributed by atoms with Crippen LogP contribution < -0.4 is 5.32 Å². The van der Waals surface area contributed by atoms with Gasteiger partial charge in [-0.1, -0.05) is 60.2 Å². The van der Waals surface area contributed by atoms with Gasteiger partial charge in [-0.05, 0) is 37.8 Å². The molecule has 1 saturated carbocycles. The summed E-state index contributed by atoms with van der Waals surface area (Å²) in [5.41, 5.74) is 3.93. The van der Waals surface area contributed by atoms with E-state index in [-0.39, 0.29) is 11.9 Å². The van der Waals surface area contributed by atoms with Gasteiger partial charge in [-0.2, -0.15) is 0 Å². The van der Waals surface area contributed by atoms with Gasteiger partial charge < -0.3 is 9.73 Å². The Labute approximate surface area is 171 Å². The zero-order valence-corrected chi connectivity index (χ0v) is 17.0. The number of hydrogen-bond acceptors (Lipinski definition) is 4. The van der Waals surface area contributed by atoms with Crippen LogP contribution >= 0.6 is 0 Å². The molecule has 0 radical (unpaired) electrons. The Bertz CT molecular complexity index is 946. The first-order valence-corrected chi connectivity index (χ1v) is 10.2. The average molecular weight is 389 g/mol. The van der Waals surface area contributed by atoms with Gasteiger partial charge in [0.05, 0.1) is 12.6 Å². The summed E-state index contributed by atoms with van der Waals surface area (Å²) < 4.78 is 5.62. The van der Waals surface area contributed by atoms with Gasteiger partial charge in [-0.25, -0.2) is 4.98 Å². The van der Waals surface area contributed by atoms with Gasteiger partial charge in [0.25, 0.3) is 5.91 Å². The number of carbonyl (C=O) groups excluding carboxylic acids is 1. The van der Waals surface area contributed by atoms with Crippen molar-refractivity contribution in [1.82, 2.24) is 15.2 Å². The van der Waals surface area contributed by atoms with Crippen molar-refractivity contribution in [3.05, 3.63) is 89.1 Å². The molecule has 1 aromatic heterocycles. The lowest BCUT2D eigenvalue weighted by molar-refractivity contribution is 0.0934. The van der Waals surface area contributed by atoms with E-state index in [2.05, 4.69) is 46.4 Å². The zero-order chi connectivity index (χ0) is 20.2. The van der Waals surface area contributed by atoms with Gasteiger partial charge >= 0.3 is 0 Å². The zero-order valence-electron chi connectivity index (χ0n) is 17.0. The van der Waals surface area contributed by atoms with Crippen molar-refractivity contribution in [3.63, 3.8) is 0 Å². The first-order valence-electron chi connectivity index (χ1n) is 10.2. The van der Waals surface area contributed by atoms with Crippen LogP contribution in [0.4, 0.5) is 0 Å². The highest BCUT2D eigenvalue weighted by Gasteiger charge is 2.30. The van der Waals surface area contributed by atoms with E-state index in [1.807, 2.05) is 37.3 Å². The molecule has 1 atom stereocenters. The Morgan fingerprint density at radius 3 is 2.55 bits per heavy atom. The highest BCUT2D eigenvalue weighted by atomic mass is 16.3. The Morgan fingerprint density at radius 1 is 1.14 bits per heavy atom. The van der Waals surface area contributed by atoms with E-state index in [4.69, 9.17) is 4.42 Å². The van der Waals surface area contributed by atoms with Crippen LogP contribution in [0.3, 0.4) is 0 Å². The summed E-state index contributed by atoms with van der Waals surface area (Å²) in [6.07, 6.45) is 3.86. The molecule has 1 N–H and O–H groups in total. The third-order valence-corrected chi connectivity index (χ3v) is 5.34. The van der Waals surface area contributed by atoms with Gasteiger partial charge in [-0.3, -0.25) is 9.69 Å². The van der Waals surface area contributed by atoms with Crippen LogP contribution in [-0.2, 0) is 13.1 Å². The normalized spacial score (nSPS) is 14.7. The van der Waals surface area contributed by atoms with Crippen molar-refractivity contribution in [1.29, 1.82) is 0 Å². The van der Waals surface area contributed by atoms with E-state index >= 15 is 0 Å². The molecule has 0 saturated heterocycles. The van der Waals surface area contributed by atoms with Crippen molar-refractivity contribution in [3.8, 4) is 0 Å². The molecule has 1 unspecified atom stereocenters. The number of hydrogen-bond donors (Lipinski definition) is 1. The third kappa shape index (κ3) is 5.12. The van der Waals surface area contributed by atoms with Crippen LogP contribution in [0, 0.1) is 6.92 Å². The predicted molar refractivity (Wildman–Crippen MR) is 112 cm³/mol. The predicted octanol–water partition coefficient (Wildman–Crippen LogP) is 4.64. The van der Waals surface area contributed by atoms with Gasteiger partial charge in [0.2, 0.25) is 5.89 Å². The van der Waals surface area contributed by atoms with Crippen molar-refractivity contribution in [2.24, 2.45) is 0 Å². The van der Waals surface area contributed by atoms with Crippen LogP contribution in [0.25, 0.3) is 0 Å². The molecular weight excluding hydrogens is 362 g/mol. The Morgan fingerprint density at radius 2 is 1.86 bits per heavy atom. The molecule has 4 rings (SSSR count). The fraction of sp³-hybridized carbons (Fsp3) is 0.333. The maximum Gasteiger partial charge on any atom is 0.273 e. The van der Waals surface area contributed by atoms with Gasteiger partial charge in [0.15, 0.2) is 5.69 Å². The lowest BCUT2D eigenvalue weighted by Crippen LogP contribution is -2.27. The molecule has 5 nitrogen and oxygen atoms in total. The molecule has 150 valence electrons. The summed E-state index contributed by atoms with van der Waals surface area (Å²) in [7, 11) is 0. The second kappa shape index (κ2) is 8.62. The van der Waals surface area contributed by atoms with Crippen LogP contribution in [0.5, 0.6) is 0 Å². The van der Waals surface area contributed by atoms with Gasteiger partial charge in [-0.15, -0.1) is 0 Å². The van der Waals surface area contributed by atoms with Crippen LogP contribution in [0.1, 0.15) is 58.9 Å². The van der Waals surface area contributed by atoms with E-state index < -0.39 is 0 Å². The smallest absolute Gasteiger partial charge is 0.273 e. The molecular formula is C24H27N3O2. The van der Waals surface area contributed by atoms with Crippen molar-refractivity contribution in [2.45, 2.75) is 51.9 Å². The average Bonchev–Trinajstić information content (AvgIpc) is 3.48. The molecule has 1 heterocycles. The topological polar surface area (TPSA) is 58.4 Å². The lowest BCUT2D eigenvalue weighted by atomic mass is 10.1. The molecule has 1 aliphatic rings. The summed E-state index contributed by atoms with van der Waals surface area (Å²) in [5.74, 6) is 0.370. The monoisotopic (exact) mass is 389 g/mol. The molecule has 3 aromatic rings. The number of nitrogens with one attached hydrogen (secondary N) is 1. The molecule has 2 aromatic carbocycles. The summed E-state index contributed by atoms with van der Waals surface area (Å²) in [6, 6.07) is 19.0. The fourth-order valence-corrected chi connectivity index (χ4v) is 3.44. The van der Waals surface area contributed by atoms with Crippen LogP contribution in [0.2, 0.25) is 0 Å². The fourth-order valence-electron chi connectivity index (χ4n) is 3.44. The number of rotatable bonds is 8. The number of amides is 1. The van der Waals surface area contributed by atoms with E-state index in [1.165, 1.54) is 30.2 Å². The SMILES string of the molecule is Cc1ccc(CN(Cc2nc(C(=O)NC(C)c3ccccc3)co2)C2CC2)cc1. The first kappa shape index (κ1) is 19.4. The molecule has 0 aliphatic heterocycles. The standard InChI is InChI=1S/C24H27N3O2/c1-17-8-10-19(11-9-17)14-27(21-12-13-21)15-23-26-22(16-29-23)24(28)25-18(2)20-6-4-3-5-7-20/h3-11,16,18,21H,12-15H2,1-2H3,(H,25,28). The Hall–Kier alpha value is -2.92. The second-order valence-electron chi connectivity index (χ2n) is 7.85. The molecule has 1 amide bonds.